The highest BCUT2D eigenvalue weighted by atomic mass is 32.2. The largest absolute Gasteiger partial charge is 0.493 e. The summed E-state index contributed by atoms with van der Waals surface area (Å²) in [6.07, 6.45) is 1.60. The molecule has 3 rings (SSSR count). The highest BCUT2D eigenvalue weighted by Crippen LogP contribution is 2.34. The highest BCUT2D eigenvalue weighted by Gasteiger charge is 2.36. The molecule has 6 nitrogen and oxygen atoms in total. The monoisotopic (exact) mass is 383 g/mol. The lowest BCUT2D eigenvalue weighted by Gasteiger charge is -2.11. The van der Waals surface area contributed by atoms with E-state index in [4.69, 9.17) is 9.47 Å². The number of imide groups is 1. The number of nitrogens with zero attached hydrogens (tertiary/aromatic N) is 1. The molecule has 2 aromatic rings. The van der Waals surface area contributed by atoms with Crippen LogP contribution in [0.1, 0.15) is 15.9 Å². The lowest BCUT2D eigenvalue weighted by atomic mass is 10.1. The Labute approximate surface area is 160 Å². The summed E-state index contributed by atoms with van der Waals surface area (Å²) in [5.74, 6) is 0.315. The number of rotatable bonds is 6. The minimum atomic E-state index is -0.482. The third kappa shape index (κ3) is 4.03. The first-order chi connectivity index (χ1) is 13.0. The first-order valence-electron chi connectivity index (χ1n) is 8.09. The Hall–Kier alpha value is -3.06. The number of thioether (sulfide) groups is 1. The number of ether oxygens (including phenoxy) is 2. The molecule has 0 aromatic heterocycles. The second-order valence-electron chi connectivity index (χ2n) is 5.67. The summed E-state index contributed by atoms with van der Waals surface area (Å²) in [5, 5.41) is -0.462. The molecular weight excluding hydrogens is 366 g/mol. The number of hydrogen-bond acceptors (Lipinski definition) is 6. The van der Waals surface area contributed by atoms with Gasteiger partial charge in [-0.25, -0.2) is 0 Å². The van der Waals surface area contributed by atoms with Gasteiger partial charge in [-0.15, -0.1) is 0 Å². The van der Waals surface area contributed by atoms with Crippen molar-refractivity contribution in [2.45, 2.75) is 0 Å². The molecule has 0 N–H and O–H groups in total. The van der Waals surface area contributed by atoms with Crippen molar-refractivity contribution in [1.29, 1.82) is 0 Å². The van der Waals surface area contributed by atoms with Gasteiger partial charge in [-0.2, -0.15) is 0 Å². The van der Waals surface area contributed by atoms with Crippen molar-refractivity contribution in [3.63, 3.8) is 0 Å². The van der Waals surface area contributed by atoms with Gasteiger partial charge < -0.3 is 9.47 Å². The fourth-order valence-corrected chi connectivity index (χ4v) is 3.43. The minimum absolute atomic E-state index is 0.257. The van der Waals surface area contributed by atoms with Crippen molar-refractivity contribution < 1.29 is 23.9 Å². The zero-order valence-corrected chi connectivity index (χ0v) is 15.6. The Morgan fingerprint density at radius 3 is 2.41 bits per heavy atom. The number of hydrogen-bond donors (Lipinski definition) is 0. The topological polar surface area (TPSA) is 72.9 Å². The fraction of sp³-hybridized carbons (Fsp3) is 0.150. The molecular formula is C20H17NO5S. The van der Waals surface area contributed by atoms with Gasteiger partial charge in [0.15, 0.2) is 17.3 Å². The van der Waals surface area contributed by atoms with E-state index in [1.54, 1.807) is 54.6 Å². The third-order valence-electron chi connectivity index (χ3n) is 3.98. The SMILES string of the molecule is COc1ccc(/C=C2\SC(=O)N(CC(=O)c3ccccc3)C2=O)cc1OC. The standard InChI is InChI=1S/C20H17NO5S/c1-25-16-9-8-13(10-17(16)26-2)11-18-19(23)21(20(24)27-18)12-15(22)14-6-4-3-5-7-14/h3-11H,12H2,1-2H3/b18-11-. The summed E-state index contributed by atoms with van der Waals surface area (Å²) in [5.41, 5.74) is 1.15. The Kier molecular flexibility index (Phi) is 5.61. The van der Waals surface area contributed by atoms with Crippen LogP contribution in [0.15, 0.2) is 53.4 Å². The molecule has 0 saturated carbocycles. The van der Waals surface area contributed by atoms with Gasteiger partial charge >= 0.3 is 0 Å². The summed E-state index contributed by atoms with van der Waals surface area (Å²) in [6.45, 7) is -0.280. The van der Waals surface area contributed by atoms with Gasteiger partial charge in [-0.3, -0.25) is 19.3 Å². The minimum Gasteiger partial charge on any atom is -0.493 e. The van der Waals surface area contributed by atoms with Crippen LogP contribution in [0.4, 0.5) is 4.79 Å². The van der Waals surface area contributed by atoms with Crippen LogP contribution in [0.25, 0.3) is 6.08 Å². The summed E-state index contributed by atoms with van der Waals surface area (Å²) < 4.78 is 10.4. The molecule has 1 saturated heterocycles. The van der Waals surface area contributed by atoms with Crippen molar-refractivity contribution in [3.05, 3.63) is 64.6 Å². The van der Waals surface area contributed by atoms with Gasteiger partial charge in [0.2, 0.25) is 0 Å². The highest BCUT2D eigenvalue weighted by molar-refractivity contribution is 8.18. The van der Waals surface area contributed by atoms with Crippen LogP contribution in [0.5, 0.6) is 11.5 Å². The van der Waals surface area contributed by atoms with Crippen molar-refractivity contribution in [3.8, 4) is 11.5 Å². The Bertz CT molecular complexity index is 923. The number of carbonyl (C=O) groups excluding carboxylic acids is 3. The first-order valence-corrected chi connectivity index (χ1v) is 8.90. The second kappa shape index (κ2) is 8.09. The van der Waals surface area contributed by atoms with Gasteiger partial charge in [-0.05, 0) is 35.5 Å². The summed E-state index contributed by atoms with van der Waals surface area (Å²) in [6, 6.07) is 13.8. The van der Waals surface area contributed by atoms with E-state index in [0.717, 1.165) is 16.7 Å². The number of carbonyl (C=O) groups is 3. The van der Waals surface area contributed by atoms with Crippen LogP contribution in [-0.4, -0.2) is 42.6 Å². The van der Waals surface area contributed by atoms with E-state index in [0.29, 0.717) is 22.6 Å². The molecule has 0 radical (unpaired) electrons. The molecule has 0 aliphatic carbocycles. The van der Waals surface area contributed by atoms with Crippen molar-refractivity contribution in [1.82, 2.24) is 4.90 Å². The predicted octanol–water partition coefficient (Wildman–Crippen LogP) is 3.62. The molecule has 2 aromatic carbocycles. The number of amides is 2. The number of methoxy groups -OCH3 is 2. The van der Waals surface area contributed by atoms with Crippen molar-refractivity contribution >= 4 is 34.8 Å². The normalized spacial score (nSPS) is 15.3. The molecule has 1 aliphatic rings. The molecule has 1 aliphatic heterocycles. The Morgan fingerprint density at radius 2 is 1.74 bits per heavy atom. The van der Waals surface area contributed by atoms with E-state index in [-0.39, 0.29) is 17.2 Å². The zero-order chi connectivity index (χ0) is 19.4. The van der Waals surface area contributed by atoms with Crippen LogP contribution in [-0.2, 0) is 4.79 Å². The van der Waals surface area contributed by atoms with Crippen LogP contribution in [0.2, 0.25) is 0 Å². The second-order valence-corrected chi connectivity index (χ2v) is 6.66. The molecule has 7 heteroatoms. The molecule has 138 valence electrons. The van der Waals surface area contributed by atoms with Gasteiger partial charge in [0.25, 0.3) is 11.1 Å². The van der Waals surface area contributed by atoms with Gasteiger partial charge in [0, 0.05) is 5.56 Å². The Balaban J connectivity index is 1.79. The average Bonchev–Trinajstić information content (AvgIpc) is 2.95. The molecule has 0 bridgehead atoms. The fourth-order valence-electron chi connectivity index (χ4n) is 2.59. The van der Waals surface area contributed by atoms with Crippen LogP contribution >= 0.6 is 11.8 Å². The van der Waals surface area contributed by atoms with Crippen molar-refractivity contribution in [2.24, 2.45) is 0 Å². The summed E-state index contributed by atoms with van der Waals surface area (Å²) in [4.78, 5) is 38.3. The lowest BCUT2D eigenvalue weighted by molar-refractivity contribution is -0.122. The van der Waals surface area contributed by atoms with Crippen LogP contribution in [0, 0.1) is 0 Å². The summed E-state index contributed by atoms with van der Waals surface area (Å²) >= 11 is 0.811. The third-order valence-corrected chi connectivity index (χ3v) is 4.88. The van der Waals surface area contributed by atoms with E-state index in [9.17, 15) is 14.4 Å². The quantitative estimate of drug-likeness (QED) is 0.560. The van der Waals surface area contributed by atoms with Crippen LogP contribution in [0.3, 0.4) is 0 Å². The number of Topliss-reactive ketones (excluding diaryl/α,β-unsaturated/α-hetero) is 1. The van der Waals surface area contributed by atoms with E-state index >= 15 is 0 Å². The van der Waals surface area contributed by atoms with Gasteiger partial charge in [0.05, 0.1) is 25.7 Å². The summed E-state index contributed by atoms with van der Waals surface area (Å²) in [7, 11) is 3.05. The smallest absolute Gasteiger partial charge is 0.293 e. The molecule has 0 spiro atoms. The van der Waals surface area contributed by atoms with E-state index in [2.05, 4.69) is 0 Å². The van der Waals surface area contributed by atoms with E-state index < -0.39 is 11.1 Å². The zero-order valence-electron chi connectivity index (χ0n) is 14.8. The first kappa shape index (κ1) is 18.7. The Morgan fingerprint density at radius 1 is 1.04 bits per heavy atom. The molecule has 2 amide bonds. The number of benzene rings is 2. The maximum atomic E-state index is 12.6. The van der Waals surface area contributed by atoms with Gasteiger partial charge in [-0.1, -0.05) is 36.4 Å². The van der Waals surface area contributed by atoms with Crippen molar-refractivity contribution in [2.75, 3.05) is 20.8 Å². The van der Waals surface area contributed by atoms with E-state index in [1.807, 2.05) is 0 Å². The lowest BCUT2D eigenvalue weighted by Crippen LogP contribution is -2.33. The predicted molar refractivity (Wildman–Crippen MR) is 103 cm³/mol. The number of ketones is 1. The van der Waals surface area contributed by atoms with Gasteiger partial charge in [0.1, 0.15) is 0 Å². The molecule has 0 atom stereocenters. The average molecular weight is 383 g/mol. The molecule has 1 fully saturated rings. The molecule has 27 heavy (non-hydrogen) atoms. The molecule has 0 unspecified atom stereocenters. The molecule has 1 heterocycles. The van der Waals surface area contributed by atoms with E-state index in [1.165, 1.54) is 14.2 Å². The maximum absolute atomic E-state index is 12.6. The maximum Gasteiger partial charge on any atom is 0.293 e. The van der Waals surface area contributed by atoms with Crippen LogP contribution < -0.4 is 9.47 Å².